The molecule has 1 saturated carbocycles. The minimum Gasteiger partial charge on any atom is -0.351 e. The normalized spacial score (nSPS) is 15.0. The summed E-state index contributed by atoms with van der Waals surface area (Å²) in [5.41, 5.74) is 6.30. The van der Waals surface area contributed by atoms with Gasteiger partial charge >= 0.3 is 6.03 Å². The highest BCUT2D eigenvalue weighted by Gasteiger charge is 2.16. The van der Waals surface area contributed by atoms with Gasteiger partial charge in [-0.2, -0.15) is 0 Å². The first-order valence-corrected chi connectivity index (χ1v) is 7.10. The smallest absolute Gasteiger partial charge is 0.316 e. The molecule has 1 fully saturated rings. The lowest BCUT2D eigenvalue weighted by Crippen LogP contribution is -2.19. The zero-order valence-corrected chi connectivity index (χ0v) is 11.5. The highest BCUT2D eigenvalue weighted by Crippen LogP contribution is 2.28. The zero-order chi connectivity index (χ0) is 14.4. The first kappa shape index (κ1) is 14.4. The maximum absolute atomic E-state index is 11.9. The standard InChI is InChI=1S/C15H21N3O2/c16-15(20)18-13-7-3-6-12(10-13)17-14(19)9-8-11-4-1-2-5-11/h3,6-7,10-11H,1-2,4-5,8-9H2,(H,17,19)(H3,16,18,20). The number of hydrogen-bond acceptors (Lipinski definition) is 2. The maximum Gasteiger partial charge on any atom is 0.316 e. The molecule has 5 heteroatoms. The summed E-state index contributed by atoms with van der Waals surface area (Å²) in [7, 11) is 0. The predicted molar refractivity (Wildman–Crippen MR) is 79.5 cm³/mol. The number of hydrogen-bond donors (Lipinski definition) is 3. The molecule has 2 rings (SSSR count). The van der Waals surface area contributed by atoms with Crippen molar-refractivity contribution in [3.63, 3.8) is 0 Å². The molecule has 5 nitrogen and oxygen atoms in total. The van der Waals surface area contributed by atoms with Crippen LogP contribution < -0.4 is 16.4 Å². The third kappa shape index (κ3) is 4.57. The molecular formula is C15H21N3O2. The van der Waals surface area contributed by atoms with Crippen molar-refractivity contribution >= 4 is 23.3 Å². The summed E-state index contributed by atoms with van der Waals surface area (Å²) in [6, 6.07) is 6.35. The van der Waals surface area contributed by atoms with Gasteiger partial charge in [0.05, 0.1) is 0 Å². The number of urea groups is 1. The SMILES string of the molecule is NC(=O)Nc1cccc(NC(=O)CCC2CCCC2)c1. The Labute approximate surface area is 118 Å². The summed E-state index contributed by atoms with van der Waals surface area (Å²) < 4.78 is 0. The fourth-order valence-electron chi connectivity index (χ4n) is 2.67. The molecule has 108 valence electrons. The van der Waals surface area contributed by atoms with Gasteiger partial charge in [0.25, 0.3) is 0 Å². The van der Waals surface area contributed by atoms with Gasteiger partial charge in [-0.05, 0) is 30.5 Å². The van der Waals surface area contributed by atoms with Gasteiger partial charge in [-0.3, -0.25) is 4.79 Å². The van der Waals surface area contributed by atoms with E-state index in [-0.39, 0.29) is 5.91 Å². The lowest BCUT2D eigenvalue weighted by Gasteiger charge is -2.10. The Morgan fingerprint density at radius 2 is 1.80 bits per heavy atom. The fraction of sp³-hybridized carbons (Fsp3) is 0.467. The van der Waals surface area contributed by atoms with Crippen LogP contribution in [-0.2, 0) is 4.79 Å². The molecule has 1 aromatic rings. The van der Waals surface area contributed by atoms with E-state index in [1.165, 1.54) is 25.7 Å². The van der Waals surface area contributed by atoms with Crippen molar-refractivity contribution in [2.24, 2.45) is 11.7 Å². The first-order valence-electron chi connectivity index (χ1n) is 7.10. The van der Waals surface area contributed by atoms with Gasteiger partial charge in [0.1, 0.15) is 0 Å². The molecule has 0 bridgehead atoms. The number of nitrogens with two attached hydrogens (primary N) is 1. The van der Waals surface area contributed by atoms with Crippen LogP contribution in [0.3, 0.4) is 0 Å². The molecule has 0 atom stereocenters. The van der Waals surface area contributed by atoms with Crippen LogP contribution >= 0.6 is 0 Å². The summed E-state index contributed by atoms with van der Waals surface area (Å²) in [6.45, 7) is 0. The summed E-state index contributed by atoms with van der Waals surface area (Å²) in [5.74, 6) is 0.733. The van der Waals surface area contributed by atoms with Crippen LogP contribution in [0.5, 0.6) is 0 Å². The van der Waals surface area contributed by atoms with E-state index in [9.17, 15) is 9.59 Å². The van der Waals surface area contributed by atoms with Gasteiger partial charge in [-0.1, -0.05) is 31.7 Å². The minimum absolute atomic E-state index is 0.0214. The number of anilines is 2. The Hall–Kier alpha value is -2.04. The lowest BCUT2D eigenvalue weighted by atomic mass is 10.0. The van der Waals surface area contributed by atoms with E-state index < -0.39 is 6.03 Å². The van der Waals surface area contributed by atoms with Crippen LogP contribution in [0.15, 0.2) is 24.3 Å². The fourth-order valence-corrected chi connectivity index (χ4v) is 2.67. The van der Waals surface area contributed by atoms with Crippen LogP contribution in [-0.4, -0.2) is 11.9 Å². The molecule has 0 spiro atoms. The van der Waals surface area contributed by atoms with Gasteiger partial charge in [0, 0.05) is 17.8 Å². The zero-order valence-electron chi connectivity index (χ0n) is 11.5. The molecule has 0 radical (unpaired) electrons. The average molecular weight is 275 g/mol. The monoisotopic (exact) mass is 275 g/mol. The van der Waals surface area contributed by atoms with Crippen molar-refractivity contribution < 1.29 is 9.59 Å². The quantitative estimate of drug-likeness (QED) is 0.771. The summed E-state index contributed by atoms with van der Waals surface area (Å²) in [6.07, 6.45) is 6.63. The Morgan fingerprint density at radius 3 is 2.45 bits per heavy atom. The largest absolute Gasteiger partial charge is 0.351 e. The molecule has 3 amide bonds. The van der Waals surface area contributed by atoms with E-state index >= 15 is 0 Å². The molecule has 4 N–H and O–H groups in total. The summed E-state index contributed by atoms with van der Waals surface area (Å²) >= 11 is 0. The van der Waals surface area contributed by atoms with Crippen molar-refractivity contribution in [1.29, 1.82) is 0 Å². The summed E-state index contributed by atoms with van der Waals surface area (Å²) in [5, 5.41) is 5.33. The highest BCUT2D eigenvalue weighted by atomic mass is 16.2. The Bertz CT molecular complexity index is 482. The van der Waals surface area contributed by atoms with Crippen LogP contribution in [0.2, 0.25) is 0 Å². The van der Waals surface area contributed by atoms with Crippen molar-refractivity contribution in [3.8, 4) is 0 Å². The molecule has 0 aliphatic heterocycles. The van der Waals surface area contributed by atoms with Gasteiger partial charge in [0.2, 0.25) is 5.91 Å². The van der Waals surface area contributed by atoms with Crippen LogP contribution in [0, 0.1) is 5.92 Å². The minimum atomic E-state index is -0.616. The number of amides is 3. The van der Waals surface area contributed by atoms with Gasteiger partial charge in [-0.25, -0.2) is 4.79 Å². The molecule has 0 aromatic heterocycles. The van der Waals surface area contributed by atoms with Crippen molar-refractivity contribution in [2.45, 2.75) is 38.5 Å². The van der Waals surface area contributed by atoms with Crippen LogP contribution in [0.1, 0.15) is 38.5 Å². The van der Waals surface area contributed by atoms with E-state index in [2.05, 4.69) is 10.6 Å². The number of carbonyl (C=O) groups is 2. The summed E-state index contributed by atoms with van der Waals surface area (Å²) in [4.78, 5) is 22.7. The molecule has 0 unspecified atom stereocenters. The van der Waals surface area contributed by atoms with Crippen molar-refractivity contribution in [3.05, 3.63) is 24.3 Å². The van der Waals surface area contributed by atoms with Crippen LogP contribution in [0.25, 0.3) is 0 Å². The van der Waals surface area contributed by atoms with E-state index in [1.807, 2.05) is 0 Å². The molecule has 1 aromatic carbocycles. The van der Waals surface area contributed by atoms with E-state index in [0.717, 1.165) is 6.42 Å². The Kier molecular flexibility index (Phi) is 4.98. The van der Waals surface area contributed by atoms with Crippen molar-refractivity contribution in [1.82, 2.24) is 0 Å². The third-order valence-electron chi connectivity index (χ3n) is 3.67. The molecule has 1 aliphatic carbocycles. The molecule has 0 heterocycles. The second-order valence-electron chi connectivity index (χ2n) is 5.31. The van der Waals surface area contributed by atoms with E-state index in [4.69, 9.17) is 5.73 Å². The molecule has 20 heavy (non-hydrogen) atoms. The van der Waals surface area contributed by atoms with Crippen LogP contribution in [0.4, 0.5) is 16.2 Å². The average Bonchev–Trinajstić information content (AvgIpc) is 2.89. The number of carbonyl (C=O) groups excluding carboxylic acids is 2. The van der Waals surface area contributed by atoms with Crippen molar-refractivity contribution in [2.75, 3.05) is 10.6 Å². The highest BCUT2D eigenvalue weighted by molar-refractivity contribution is 5.93. The van der Waals surface area contributed by atoms with Gasteiger partial charge < -0.3 is 16.4 Å². The second-order valence-corrected chi connectivity index (χ2v) is 5.31. The predicted octanol–water partition coefficient (Wildman–Crippen LogP) is 3.09. The Balaban J connectivity index is 1.82. The topological polar surface area (TPSA) is 84.2 Å². The van der Waals surface area contributed by atoms with Gasteiger partial charge in [-0.15, -0.1) is 0 Å². The number of rotatable bonds is 5. The number of primary amides is 1. The van der Waals surface area contributed by atoms with E-state index in [0.29, 0.717) is 23.7 Å². The second kappa shape index (κ2) is 6.93. The molecule has 0 saturated heterocycles. The number of benzene rings is 1. The van der Waals surface area contributed by atoms with E-state index in [1.54, 1.807) is 24.3 Å². The number of nitrogens with one attached hydrogen (secondary N) is 2. The first-order chi connectivity index (χ1) is 9.63. The van der Waals surface area contributed by atoms with Gasteiger partial charge in [0.15, 0.2) is 0 Å². The lowest BCUT2D eigenvalue weighted by molar-refractivity contribution is -0.116. The molecule has 1 aliphatic rings. The maximum atomic E-state index is 11.9. The molecular weight excluding hydrogens is 254 g/mol. The third-order valence-corrected chi connectivity index (χ3v) is 3.67. The Morgan fingerprint density at radius 1 is 1.15 bits per heavy atom.